The van der Waals surface area contributed by atoms with E-state index < -0.39 is 10.0 Å². The lowest BCUT2D eigenvalue weighted by Crippen LogP contribution is -2.36. The van der Waals surface area contributed by atoms with E-state index in [-0.39, 0.29) is 22.4 Å². The number of nitriles is 1. The van der Waals surface area contributed by atoms with Crippen molar-refractivity contribution in [2.24, 2.45) is 5.92 Å². The second-order valence-electron chi connectivity index (χ2n) is 6.78. The normalized spacial score (nSPS) is 26.3. The fourth-order valence-electron chi connectivity index (χ4n) is 4.35. The predicted octanol–water partition coefficient (Wildman–Crippen LogP) is 2.91. The second kappa shape index (κ2) is 6.25. The topological polar surface area (TPSA) is 74.1 Å². The van der Waals surface area contributed by atoms with E-state index in [1.54, 1.807) is 4.31 Å². The monoisotopic (exact) mass is 353 g/mol. The van der Waals surface area contributed by atoms with Crippen LogP contribution in [-0.4, -0.2) is 30.3 Å². The first-order chi connectivity index (χ1) is 12.1. The predicted molar refractivity (Wildman–Crippen MR) is 93.2 cm³/mol. The van der Waals surface area contributed by atoms with Crippen LogP contribution in [0.5, 0.6) is 0 Å². The van der Waals surface area contributed by atoms with Crippen molar-refractivity contribution in [2.75, 3.05) is 6.54 Å². The third-order valence-electron chi connectivity index (χ3n) is 5.47. The van der Waals surface area contributed by atoms with Gasteiger partial charge in [-0.1, -0.05) is 36.8 Å². The van der Waals surface area contributed by atoms with Gasteiger partial charge in [-0.15, -0.1) is 0 Å². The van der Waals surface area contributed by atoms with Gasteiger partial charge in [0.1, 0.15) is 11.0 Å². The number of aromatic nitrogens is 1. The molecule has 25 heavy (non-hydrogen) atoms. The maximum absolute atomic E-state index is 13.2. The van der Waals surface area contributed by atoms with Crippen LogP contribution < -0.4 is 0 Å². The molecule has 2 aromatic rings. The molecule has 0 bridgehead atoms. The fourth-order valence-corrected chi connectivity index (χ4v) is 6.06. The van der Waals surface area contributed by atoms with Crippen molar-refractivity contribution in [1.82, 2.24) is 9.29 Å². The average molecular weight is 353 g/mol. The number of sulfonamides is 1. The summed E-state index contributed by atoms with van der Waals surface area (Å²) < 4.78 is 28.1. The van der Waals surface area contributed by atoms with Crippen molar-refractivity contribution in [2.45, 2.75) is 36.1 Å². The third-order valence-corrected chi connectivity index (χ3v) is 7.33. The smallest absolute Gasteiger partial charge is 0.244 e. The number of pyridine rings is 1. The molecule has 0 N–H and O–H groups in total. The Labute approximate surface area is 148 Å². The van der Waals surface area contributed by atoms with Gasteiger partial charge in [-0.2, -0.15) is 9.57 Å². The maximum atomic E-state index is 13.2. The van der Waals surface area contributed by atoms with Crippen LogP contribution in [0.25, 0.3) is 0 Å². The molecular weight excluding hydrogens is 334 g/mol. The molecule has 2 heterocycles. The molecule has 3 atom stereocenters. The summed E-state index contributed by atoms with van der Waals surface area (Å²) in [5.41, 5.74) is 1.48. The lowest BCUT2D eigenvalue weighted by Gasteiger charge is -2.22. The van der Waals surface area contributed by atoms with Crippen LogP contribution in [0.4, 0.5) is 0 Å². The van der Waals surface area contributed by atoms with E-state index in [9.17, 15) is 8.42 Å². The zero-order valence-corrected chi connectivity index (χ0v) is 14.6. The summed E-state index contributed by atoms with van der Waals surface area (Å²) in [6, 6.07) is 13.6. The summed E-state index contributed by atoms with van der Waals surface area (Å²) in [5.74, 6) is 0.597. The minimum Gasteiger partial charge on any atom is -0.262 e. The summed E-state index contributed by atoms with van der Waals surface area (Å²) >= 11 is 0. The summed E-state index contributed by atoms with van der Waals surface area (Å²) in [4.78, 5) is 4.04. The molecule has 1 saturated carbocycles. The van der Waals surface area contributed by atoms with Gasteiger partial charge in [0, 0.05) is 30.9 Å². The van der Waals surface area contributed by atoms with Crippen molar-refractivity contribution in [1.29, 1.82) is 5.26 Å². The first-order valence-corrected chi connectivity index (χ1v) is 9.97. The minimum atomic E-state index is -3.65. The van der Waals surface area contributed by atoms with Crippen molar-refractivity contribution >= 4 is 10.0 Å². The molecule has 1 saturated heterocycles. The highest BCUT2D eigenvalue weighted by molar-refractivity contribution is 7.89. The molecule has 128 valence electrons. The van der Waals surface area contributed by atoms with E-state index in [0.29, 0.717) is 12.5 Å². The molecule has 0 radical (unpaired) electrons. The third kappa shape index (κ3) is 2.74. The SMILES string of the molecule is N#Cc1cncc(S(=O)(=O)N2CC(c3ccccc3)C3CCCC32)c1. The first-order valence-electron chi connectivity index (χ1n) is 8.53. The molecule has 3 unspecified atom stereocenters. The van der Waals surface area contributed by atoms with Gasteiger partial charge in [0.2, 0.25) is 10.0 Å². The Bertz CT molecular complexity index is 921. The Balaban J connectivity index is 1.71. The van der Waals surface area contributed by atoms with Gasteiger partial charge in [-0.3, -0.25) is 4.98 Å². The molecular formula is C19H19N3O2S. The molecule has 2 fully saturated rings. The van der Waals surface area contributed by atoms with Crippen LogP contribution in [0.1, 0.15) is 36.3 Å². The molecule has 5 nitrogen and oxygen atoms in total. The second-order valence-corrected chi connectivity index (χ2v) is 8.67. The van der Waals surface area contributed by atoms with Gasteiger partial charge < -0.3 is 0 Å². The van der Waals surface area contributed by atoms with Gasteiger partial charge >= 0.3 is 0 Å². The summed E-state index contributed by atoms with van der Waals surface area (Å²) in [7, 11) is -3.65. The van der Waals surface area contributed by atoms with Crippen LogP contribution >= 0.6 is 0 Å². The molecule has 6 heteroatoms. The summed E-state index contributed by atoms with van der Waals surface area (Å²) in [6.45, 7) is 0.498. The highest BCUT2D eigenvalue weighted by Crippen LogP contribution is 2.48. The summed E-state index contributed by atoms with van der Waals surface area (Å²) in [5, 5.41) is 9.04. The number of hydrogen-bond acceptors (Lipinski definition) is 4. The van der Waals surface area contributed by atoms with Gasteiger partial charge in [-0.05, 0) is 30.4 Å². The van der Waals surface area contributed by atoms with Crippen LogP contribution in [-0.2, 0) is 10.0 Å². The Morgan fingerprint density at radius 3 is 2.72 bits per heavy atom. The number of fused-ring (bicyclic) bond motifs is 1. The van der Waals surface area contributed by atoms with Crippen molar-refractivity contribution in [3.8, 4) is 6.07 Å². The van der Waals surface area contributed by atoms with Crippen molar-refractivity contribution < 1.29 is 8.42 Å². The van der Waals surface area contributed by atoms with Gasteiger partial charge in [0.05, 0.1) is 5.56 Å². The highest BCUT2D eigenvalue weighted by atomic mass is 32.2. The van der Waals surface area contributed by atoms with Crippen LogP contribution in [0.2, 0.25) is 0 Å². The lowest BCUT2D eigenvalue weighted by atomic mass is 9.87. The highest BCUT2D eigenvalue weighted by Gasteiger charge is 2.49. The van der Waals surface area contributed by atoms with Gasteiger partial charge in [0.15, 0.2) is 0 Å². The van der Waals surface area contributed by atoms with E-state index in [2.05, 4.69) is 17.1 Å². The Kier molecular flexibility index (Phi) is 4.06. The Hall–Kier alpha value is -2.23. The molecule has 2 aliphatic rings. The molecule has 1 aliphatic carbocycles. The molecule has 1 aliphatic heterocycles. The molecule has 1 aromatic heterocycles. The van der Waals surface area contributed by atoms with Crippen LogP contribution in [0, 0.1) is 17.2 Å². The van der Waals surface area contributed by atoms with E-state index in [1.807, 2.05) is 24.3 Å². The number of rotatable bonds is 3. The molecule has 4 rings (SSSR count). The van der Waals surface area contributed by atoms with E-state index in [1.165, 1.54) is 24.0 Å². The van der Waals surface area contributed by atoms with Crippen molar-refractivity contribution in [3.63, 3.8) is 0 Å². The van der Waals surface area contributed by atoms with E-state index in [4.69, 9.17) is 5.26 Å². The first kappa shape index (κ1) is 16.2. The standard InChI is InChI=1S/C19H19N3O2S/c20-10-14-9-16(12-21-11-14)25(23,24)22-13-18(15-5-2-1-3-6-15)17-7-4-8-19(17)22/h1-3,5-6,9,11-12,17-19H,4,7-8,13H2. The van der Waals surface area contributed by atoms with Crippen LogP contribution in [0.15, 0.2) is 53.7 Å². The molecule has 0 spiro atoms. The molecule has 1 aromatic carbocycles. The summed E-state index contributed by atoms with van der Waals surface area (Å²) in [6.07, 6.45) is 5.75. The Morgan fingerprint density at radius 2 is 1.96 bits per heavy atom. The van der Waals surface area contributed by atoms with Gasteiger partial charge in [-0.25, -0.2) is 8.42 Å². The number of benzene rings is 1. The van der Waals surface area contributed by atoms with E-state index in [0.717, 1.165) is 19.3 Å². The number of nitrogens with zero attached hydrogens (tertiary/aromatic N) is 3. The Morgan fingerprint density at radius 1 is 1.16 bits per heavy atom. The van der Waals surface area contributed by atoms with Crippen LogP contribution in [0.3, 0.4) is 0 Å². The quantitative estimate of drug-likeness (QED) is 0.850. The van der Waals surface area contributed by atoms with Gasteiger partial charge in [0.25, 0.3) is 0 Å². The lowest BCUT2D eigenvalue weighted by molar-refractivity contribution is 0.366. The van der Waals surface area contributed by atoms with E-state index >= 15 is 0 Å². The largest absolute Gasteiger partial charge is 0.262 e. The zero-order valence-electron chi connectivity index (χ0n) is 13.7. The number of hydrogen-bond donors (Lipinski definition) is 0. The average Bonchev–Trinajstić information content (AvgIpc) is 3.25. The molecule has 0 amide bonds. The van der Waals surface area contributed by atoms with Crippen molar-refractivity contribution in [3.05, 3.63) is 59.9 Å². The fraction of sp³-hybridized carbons (Fsp3) is 0.368. The maximum Gasteiger partial charge on any atom is 0.244 e. The zero-order chi connectivity index (χ0) is 17.4. The minimum absolute atomic E-state index is 0.0425.